The first-order valence-electron chi connectivity index (χ1n) is 5.78. The third-order valence-electron chi connectivity index (χ3n) is 3.66. The van der Waals surface area contributed by atoms with Crippen molar-refractivity contribution >= 4 is 21.9 Å². The fourth-order valence-electron chi connectivity index (χ4n) is 2.64. The van der Waals surface area contributed by atoms with E-state index in [1.807, 2.05) is 6.07 Å². The first kappa shape index (κ1) is 11.1. The Morgan fingerprint density at radius 2 is 2.24 bits per heavy atom. The Morgan fingerprint density at radius 3 is 2.88 bits per heavy atom. The molecule has 2 aliphatic rings. The van der Waals surface area contributed by atoms with Crippen LogP contribution in [0.3, 0.4) is 0 Å². The van der Waals surface area contributed by atoms with Gasteiger partial charge >= 0.3 is 5.97 Å². The van der Waals surface area contributed by atoms with Crippen molar-refractivity contribution in [2.75, 3.05) is 6.61 Å². The van der Waals surface area contributed by atoms with Crippen molar-refractivity contribution in [3.8, 4) is 5.75 Å². The van der Waals surface area contributed by atoms with E-state index in [0.717, 1.165) is 35.0 Å². The number of fused-ring (bicyclic) bond motifs is 1. The van der Waals surface area contributed by atoms with E-state index in [-0.39, 0.29) is 11.8 Å². The lowest BCUT2D eigenvalue weighted by atomic mass is 9.90. The molecule has 0 amide bonds. The van der Waals surface area contributed by atoms with Crippen molar-refractivity contribution in [1.29, 1.82) is 0 Å². The highest BCUT2D eigenvalue weighted by Gasteiger charge is 2.48. The van der Waals surface area contributed by atoms with Gasteiger partial charge < -0.3 is 9.84 Å². The largest absolute Gasteiger partial charge is 0.493 e. The molecule has 90 valence electrons. The average molecular weight is 297 g/mol. The van der Waals surface area contributed by atoms with E-state index < -0.39 is 5.97 Å². The second-order valence-corrected chi connectivity index (χ2v) is 5.81. The highest BCUT2D eigenvalue weighted by Crippen LogP contribution is 2.55. The van der Waals surface area contributed by atoms with Crippen LogP contribution in [0.4, 0.5) is 0 Å². The summed E-state index contributed by atoms with van der Waals surface area (Å²) in [4.78, 5) is 11.0. The zero-order valence-electron chi connectivity index (χ0n) is 9.33. The summed E-state index contributed by atoms with van der Waals surface area (Å²) in [5.41, 5.74) is 2.11. The van der Waals surface area contributed by atoms with Gasteiger partial charge in [0, 0.05) is 21.9 Å². The van der Waals surface area contributed by atoms with Gasteiger partial charge in [-0.25, -0.2) is 0 Å². The SMILES string of the molecule is O=C(O)CC1(c2cc(Br)cc3c2OCC3)CC1. The van der Waals surface area contributed by atoms with Crippen LogP contribution in [0.15, 0.2) is 16.6 Å². The number of aliphatic carboxylic acids is 1. The van der Waals surface area contributed by atoms with Crippen LogP contribution in [-0.2, 0) is 16.6 Å². The second kappa shape index (κ2) is 3.73. The minimum absolute atomic E-state index is 0.177. The summed E-state index contributed by atoms with van der Waals surface area (Å²) in [7, 11) is 0. The van der Waals surface area contributed by atoms with Crippen LogP contribution in [0.1, 0.15) is 30.4 Å². The van der Waals surface area contributed by atoms with E-state index in [9.17, 15) is 4.79 Å². The summed E-state index contributed by atoms with van der Waals surface area (Å²) < 4.78 is 6.70. The molecule has 1 heterocycles. The van der Waals surface area contributed by atoms with Gasteiger partial charge in [-0.05, 0) is 30.5 Å². The van der Waals surface area contributed by atoms with Crippen LogP contribution in [0.25, 0.3) is 0 Å². The standard InChI is InChI=1S/C13H13BrO3/c14-9-5-8-1-4-17-12(8)10(6-9)13(2-3-13)7-11(15)16/h5-6H,1-4,7H2,(H,15,16). The second-order valence-electron chi connectivity index (χ2n) is 4.89. The van der Waals surface area contributed by atoms with Crippen molar-refractivity contribution < 1.29 is 14.6 Å². The molecule has 3 nitrogen and oxygen atoms in total. The molecule has 1 aromatic rings. The Morgan fingerprint density at radius 1 is 1.47 bits per heavy atom. The molecular weight excluding hydrogens is 284 g/mol. The van der Waals surface area contributed by atoms with Crippen molar-refractivity contribution in [2.45, 2.75) is 31.1 Å². The lowest BCUT2D eigenvalue weighted by molar-refractivity contribution is -0.137. The number of benzene rings is 1. The number of ether oxygens (including phenoxy) is 1. The number of rotatable bonds is 3. The van der Waals surface area contributed by atoms with Crippen LogP contribution in [0.5, 0.6) is 5.75 Å². The molecule has 1 aliphatic carbocycles. The molecule has 0 spiro atoms. The minimum Gasteiger partial charge on any atom is -0.493 e. The van der Waals surface area contributed by atoms with Gasteiger partial charge in [-0.1, -0.05) is 15.9 Å². The highest BCUT2D eigenvalue weighted by molar-refractivity contribution is 9.10. The van der Waals surface area contributed by atoms with Crippen LogP contribution in [-0.4, -0.2) is 17.7 Å². The molecule has 3 rings (SSSR count). The lowest BCUT2D eigenvalue weighted by Gasteiger charge is -2.17. The molecule has 1 fully saturated rings. The Bertz CT molecular complexity index is 492. The molecule has 1 saturated carbocycles. The molecule has 0 unspecified atom stereocenters. The van der Waals surface area contributed by atoms with Crippen LogP contribution < -0.4 is 4.74 Å². The molecule has 0 atom stereocenters. The van der Waals surface area contributed by atoms with Gasteiger partial charge in [0.25, 0.3) is 0 Å². The maximum absolute atomic E-state index is 11.0. The molecular formula is C13H13BrO3. The van der Waals surface area contributed by atoms with Gasteiger partial charge in [-0.2, -0.15) is 0 Å². The summed E-state index contributed by atoms with van der Waals surface area (Å²) in [6.45, 7) is 0.710. The number of hydrogen-bond acceptors (Lipinski definition) is 2. The summed E-state index contributed by atoms with van der Waals surface area (Å²) in [5.74, 6) is 0.209. The zero-order chi connectivity index (χ0) is 12.0. The molecule has 1 aliphatic heterocycles. The monoisotopic (exact) mass is 296 g/mol. The highest BCUT2D eigenvalue weighted by atomic mass is 79.9. The van der Waals surface area contributed by atoms with Crippen molar-refractivity contribution in [3.05, 3.63) is 27.7 Å². The molecule has 0 radical (unpaired) electrons. The van der Waals surface area contributed by atoms with Gasteiger partial charge in [0.15, 0.2) is 0 Å². The lowest BCUT2D eigenvalue weighted by Crippen LogP contribution is -2.14. The fraction of sp³-hybridized carbons (Fsp3) is 0.462. The van der Waals surface area contributed by atoms with E-state index in [4.69, 9.17) is 9.84 Å². The Hall–Kier alpha value is -1.03. The van der Waals surface area contributed by atoms with Gasteiger partial charge in [0.05, 0.1) is 13.0 Å². The average Bonchev–Trinajstić information content (AvgIpc) is 2.87. The van der Waals surface area contributed by atoms with Crippen LogP contribution in [0, 0.1) is 0 Å². The minimum atomic E-state index is -0.728. The van der Waals surface area contributed by atoms with Gasteiger partial charge in [0.1, 0.15) is 5.75 Å². The van der Waals surface area contributed by atoms with Crippen molar-refractivity contribution in [1.82, 2.24) is 0 Å². The normalized spacial score (nSPS) is 19.6. The topological polar surface area (TPSA) is 46.5 Å². The predicted octanol–water partition coefficient (Wildman–Crippen LogP) is 2.89. The zero-order valence-corrected chi connectivity index (χ0v) is 10.9. The number of carboxylic acid groups (broad SMARTS) is 1. The number of carboxylic acids is 1. The predicted molar refractivity (Wildman–Crippen MR) is 66.5 cm³/mol. The van der Waals surface area contributed by atoms with Gasteiger partial charge in [0.2, 0.25) is 0 Å². The van der Waals surface area contributed by atoms with Crippen LogP contribution in [0.2, 0.25) is 0 Å². The maximum Gasteiger partial charge on any atom is 0.304 e. The summed E-state index contributed by atoms with van der Waals surface area (Å²) in [6.07, 6.45) is 3.03. The quantitative estimate of drug-likeness (QED) is 0.933. The van der Waals surface area contributed by atoms with E-state index in [2.05, 4.69) is 22.0 Å². The molecule has 0 bridgehead atoms. The molecule has 17 heavy (non-hydrogen) atoms. The first-order valence-corrected chi connectivity index (χ1v) is 6.57. The van der Waals surface area contributed by atoms with E-state index in [0.29, 0.717) is 6.61 Å². The summed E-state index contributed by atoms with van der Waals surface area (Å²) >= 11 is 3.50. The van der Waals surface area contributed by atoms with E-state index in [1.165, 1.54) is 5.56 Å². The van der Waals surface area contributed by atoms with Gasteiger partial charge in [-0.15, -0.1) is 0 Å². The molecule has 1 N–H and O–H groups in total. The summed E-state index contributed by atoms with van der Waals surface area (Å²) in [5, 5.41) is 9.02. The molecule has 0 saturated heterocycles. The smallest absolute Gasteiger partial charge is 0.304 e. The van der Waals surface area contributed by atoms with Crippen molar-refractivity contribution in [2.24, 2.45) is 0 Å². The van der Waals surface area contributed by atoms with Gasteiger partial charge in [-0.3, -0.25) is 4.79 Å². The number of carbonyl (C=O) groups is 1. The molecule has 0 aromatic heterocycles. The van der Waals surface area contributed by atoms with Crippen LogP contribution >= 0.6 is 15.9 Å². The fourth-order valence-corrected chi connectivity index (χ4v) is 3.15. The van der Waals surface area contributed by atoms with E-state index >= 15 is 0 Å². The molecule has 4 heteroatoms. The Kier molecular flexibility index (Phi) is 2.43. The maximum atomic E-state index is 11.0. The third-order valence-corrected chi connectivity index (χ3v) is 4.12. The number of hydrogen-bond donors (Lipinski definition) is 1. The number of halogens is 1. The van der Waals surface area contributed by atoms with E-state index in [1.54, 1.807) is 0 Å². The molecule has 1 aromatic carbocycles. The first-order chi connectivity index (χ1) is 8.11. The summed E-state index contributed by atoms with van der Waals surface area (Å²) in [6, 6.07) is 4.10. The Balaban J connectivity index is 2.06. The van der Waals surface area contributed by atoms with Crippen molar-refractivity contribution in [3.63, 3.8) is 0 Å². The third kappa shape index (κ3) is 1.84. The Labute approximate surface area is 108 Å².